The molecule has 0 aliphatic rings. The van der Waals surface area contributed by atoms with E-state index in [-0.39, 0.29) is 18.8 Å². The molecule has 0 aliphatic carbocycles. The van der Waals surface area contributed by atoms with Gasteiger partial charge in [0.25, 0.3) is 0 Å². The first-order valence-electron chi connectivity index (χ1n) is 9.55. The number of aromatic nitrogens is 2. The fraction of sp³-hybridized carbons (Fsp3) is 0.476. The van der Waals surface area contributed by atoms with Crippen molar-refractivity contribution in [2.75, 3.05) is 6.54 Å². The molecule has 154 valence electrons. The molecule has 0 fully saturated rings. The van der Waals surface area contributed by atoms with E-state index in [1.165, 1.54) is 0 Å². The maximum Gasteiger partial charge on any atom is 0.304 e. The van der Waals surface area contributed by atoms with Crippen molar-refractivity contribution in [2.24, 2.45) is 5.92 Å². The molecular weight excluding hydrogens is 378 g/mol. The molecule has 0 unspecified atom stereocenters. The van der Waals surface area contributed by atoms with E-state index in [9.17, 15) is 4.79 Å². The summed E-state index contributed by atoms with van der Waals surface area (Å²) in [4.78, 5) is 15.0. The molecule has 2 aromatic rings. The molecule has 1 aromatic carbocycles. The Morgan fingerprint density at radius 3 is 2.68 bits per heavy atom. The van der Waals surface area contributed by atoms with Crippen LogP contribution in [0.2, 0.25) is 0 Å². The number of carbonyl (C=O) groups is 1. The molecule has 0 amide bonds. The van der Waals surface area contributed by atoms with Gasteiger partial charge in [-0.15, -0.1) is 12.4 Å². The highest BCUT2D eigenvalue weighted by Gasteiger charge is 2.08. The van der Waals surface area contributed by atoms with Crippen molar-refractivity contribution in [3.63, 3.8) is 0 Å². The monoisotopic (exact) mass is 407 g/mol. The highest BCUT2D eigenvalue weighted by molar-refractivity contribution is 5.85. The van der Waals surface area contributed by atoms with Crippen LogP contribution in [0.15, 0.2) is 40.9 Å². The summed E-state index contributed by atoms with van der Waals surface area (Å²) >= 11 is 0. The van der Waals surface area contributed by atoms with Gasteiger partial charge in [0.15, 0.2) is 0 Å². The molecule has 6 nitrogen and oxygen atoms in total. The lowest BCUT2D eigenvalue weighted by Gasteiger charge is -2.03. The van der Waals surface area contributed by atoms with Gasteiger partial charge in [-0.25, -0.2) is 0 Å². The minimum atomic E-state index is -0.794. The zero-order valence-corrected chi connectivity index (χ0v) is 17.4. The topological polar surface area (TPSA) is 88.2 Å². The summed E-state index contributed by atoms with van der Waals surface area (Å²) < 4.78 is 5.35. The predicted octanol–water partition coefficient (Wildman–Crippen LogP) is 4.65. The van der Waals surface area contributed by atoms with Gasteiger partial charge in [-0.1, -0.05) is 55.4 Å². The summed E-state index contributed by atoms with van der Waals surface area (Å²) in [6.07, 6.45) is 8.63. The number of rotatable bonds is 12. The summed E-state index contributed by atoms with van der Waals surface area (Å²) in [5.74, 6) is 1.10. The first-order valence-corrected chi connectivity index (χ1v) is 9.55. The van der Waals surface area contributed by atoms with Crippen molar-refractivity contribution in [2.45, 2.75) is 52.5 Å². The molecule has 1 heterocycles. The van der Waals surface area contributed by atoms with E-state index in [1.807, 2.05) is 24.3 Å². The van der Waals surface area contributed by atoms with E-state index < -0.39 is 5.97 Å². The van der Waals surface area contributed by atoms with Gasteiger partial charge in [0.1, 0.15) is 0 Å². The fourth-order valence-electron chi connectivity index (χ4n) is 2.58. The normalized spacial score (nSPS) is 11.1. The SMILES string of the molecule is CC(C)/C=C/CCCCc1nc(-c2ccc(CNCCC(=O)O)cc2)no1.Cl. The predicted molar refractivity (Wildman–Crippen MR) is 112 cm³/mol. The van der Waals surface area contributed by atoms with Gasteiger partial charge < -0.3 is 14.9 Å². The van der Waals surface area contributed by atoms with E-state index in [2.05, 4.69) is 41.5 Å². The van der Waals surface area contributed by atoms with Crippen molar-refractivity contribution in [3.8, 4) is 11.4 Å². The van der Waals surface area contributed by atoms with Gasteiger partial charge in [0.2, 0.25) is 11.7 Å². The molecule has 0 saturated carbocycles. The lowest BCUT2D eigenvalue weighted by molar-refractivity contribution is -0.136. The van der Waals surface area contributed by atoms with Crippen LogP contribution in [0.5, 0.6) is 0 Å². The third-order valence-corrected chi connectivity index (χ3v) is 4.06. The maximum atomic E-state index is 10.5. The Balaban J connectivity index is 0.00000392. The number of benzene rings is 1. The summed E-state index contributed by atoms with van der Waals surface area (Å²) in [5, 5.41) is 15.8. The zero-order chi connectivity index (χ0) is 19.5. The number of unbranched alkanes of at least 4 members (excludes halogenated alkanes) is 2. The third-order valence-electron chi connectivity index (χ3n) is 4.06. The van der Waals surface area contributed by atoms with Crippen molar-refractivity contribution in [3.05, 3.63) is 47.9 Å². The molecule has 0 saturated heterocycles. The Morgan fingerprint density at radius 1 is 1.25 bits per heavy atom. The minimum Gasteiger partial charge on any atom is -0.481 e. The third kappa shape index (κ3) is 9.15. The van der Waals surface area contributed by atoms with Crippen LogP contribution < -0.4 is 5.32 Å². The van der Waals surface area contributed by atoms with Crippen LogP contribution in [0.1, 0.15) is 51.0 Å². The van der Waals surface area contributed by atoms with Crippen molar-refractivity contribution in [1.29, 1.82) is 0 Å². The number of allylic oxidation sites excluding steroid dienone is 2. The number of carboxylic acids is 1. The molecule has 2 rings (SSSR count). The van der Waals surface area contributed by atoms with Gasteiger partial charge in [-0.05, 0) is 30.7 Å². The largest absolute Gasteiger partial charge is 0.481 e. The molecule has 28 heavy (non-hydrogen) atoms. The standard InChI is InChI=1S/C21H29N3O3.ClH/c1-16(2)7-5-3-4-6-8-19-23-21(24-27-19)18-11-9-17(10-12-18)15-22-14-13-20(25)26;/h5,7,9-12,16,22H,3-4,6,8,13-15H2,1-2H3,(H,25,26);1H/b7-5+;. The maximum absolute atomic E-state index is 10.5. The molecule has 7 heteroatoms. The van der Waals surface area contributed by atoms with Gasteiger partial charge in [0, 0.05) is 25.1 Å². The van der Waals surface area contributed by atoms with Crippen LogP contribution in [-0.2, 0) is 17.8 Å². The Bertz CT molecular complexity index is 727. The zero-order valence-electron chi connectivity index (χ0n) is 16.6. The first kappa shape index (κ1) is 23.9. The smallest absolute Gasteiger partial charge is 0.304 e. The van der Waals surface area contributed by atoms with Crippen molar-refractivity contribution in [1.82, 2.24) is 15.5 Å². The van der Waals surface area contributed by atoms with E-state index in [1.54, 1.807) is 0 Å². The summed E-state index contributed by atoms with van der Waals surface area (Å²) in [6.45, 7) is 5.45. The number of hydrogen-bond acceptors (Lipinski definition) is 5. The van der Waals surface area contributed by atoms with E-state index >= 15 is 0 Å². The Hall–Kier alpha value is -2.18. The minimum absolute atomic E-state index is 0. The highest BCUT2D eigenvalue weighted by atomic mass is 35.5. The van der Waals surface area contributed by atoms with Crippen LogP contribution in [0.3, 0.4) is 0 Å². The highest BCUT2D eigenvalue weighted by Crippen LogP contribution is 2.17. The van der Waals surface area contributed by atoms with Crippen LogP contribution in [0, 0.1) is 5.92 Å². The van der Waals surface area contributed by atoms with Gasteiger partial charge in [-0.2, -0.15) is 4.98 Å². The van der Waals surface area contributed by atoms with Crippen LogP contribution >= 0.6 is 12.4 Å². The summed E-state index contributed by atoms with van der Waals surface area (Å²) in [7, 11) is 0. The average molecular weight is 408 g/mol. The Morgan fingerprint density at radius 2 is 2.00 bits per heavy atom. The number of aryl methyl sites for hydroxylation is 1. The lowest BCUT2D eigenvalue weighted by atomic mass is 10.1. The Labute approximate surface area is 172 Å². The van der Waals surface area contributed by atoms with Crippen molar-refractivity contribution < 1.29 is 14.4 Å². The molecule has 0 atom stereocenters. The molecule has 1 aromatic heterocycles. The molecule has 0 radical (unpaired) electrons. The number of aliphatic carboxylic acids is 1. The van der Waals surface area contributed by atoms with Crippen molar-refractivity contribution >= 4 is 18.4 Å². The van der Waals surface area contributed by atoms with E-state index in [0.717, 1.165) is 36.8 Å². The number of carboxylic acid groups (broad SMARTS) is 1. The van der Waals surface area contributed by atoms with Crippen LogP contribution in [-0.4, -0.2) is 27.8 Å². The summed E-state index contributed by atoms with van der Waals surface area (Å²) in [6, 6.07) is 7.89. The molecule has 0 bridgehead atoms. The number of hydrogen-bond donors (Lipinski definition) is 2. The molecule has 0 aliphatic heterocycles. The van der Waals surface area contributed by atoms with Crippen LogP contribution in [0.4, 0.5) is 0 Å². The number of halogens is 1. The molecule has 0 spiro atoms. The first-order chi connectivity index (χ1) is 13.0. The van der Waals surface area contributed by atoms with Gasteiger partial charge in [0.05, 0.1) is 6.42 Å². The van der Waals surface area contributed by atoms with Gasteiger partial charge >= 0.3 is 5.97 Å². The average Bonchev–Trinajstić information content (AvgIpc) is 3.11. The number of nitrogens with one attached hydrogen (secondary N) is 1. The molecule has 2 N–H and O–H groups in total. The second-order valence-electron chi connectivity index (χ2n) is 6.95. The number of nitrogens with zero attached hydrogens (tertiary/aromatic N) is 2. The lowest BCUT2D eigenvalue weighted by Crippen LogP contribution is -2.17. The second kappa shape index (κ2) is 13.1. The van der Waals surface area contributed by atoms with Gasteiger partial charge in [-0.3, -0.25) is 4.79 Å². The van der Waals surface area contributed by atoms with Crippen LogP contribution in [0.25, 0.3) is 11.4 Å². The Kier molecular flexibility index (Phi) is 11.1. The quantitative estimate of drug-likeness (QED) is 0.393. The fourth-order valence-corrected chi connectivity index (χ4v) is 2.58. The van der Waals surface area contributed by atoms with E-state index in [4.69, 9.17) is 9.63 Å². The van der Waals surface area contributed by atoms with E-state index in [0.29, 0.717) is 30.7 Å². The summed E-state index contributed by atoms with van der Waals surface area (Å²) in [5.41, 5.74) is 2.00. The second-order valence-corrected chi connectivity index (χ2v) is 6.95. The molecular formula is C21H30ClN3O3.